The number of rotatable bonds is 8. The topological polar surface area (TPSA) is 67.9 Å². The molecule has 182 valence electrons. The summed E-state index contributed by atoms with van der Waals surface area (Å²) in [6, 6.07) is 14.3. The SMILES string of the molecule is O=C(NC1CCCC1)C(c1ccccc1F)N(Cc1ccc2c(c1)OCO2)C(=O)Cc1cccs1. The molecule has 1 aliphatic heterocycles. The van der Waals surface area contributed by atoms with Crippen LogP contribution in [0.3, 0.4) is 0 Å². The van der Waals surface area contributed by atoms with Gasteiger partial charge in [0.2, 0.25) is 18.6 Å². The third kappa shape index (κ3) is 5.32. The number of carbonyl (C=O) groups excluding carboxylic acids is 2. The largest absolute Gasteiger partial charge is 0.454 e. The summed E-state index contributed by atoms with van der Waals surface area (Å²) < 4.78 is 26.0. The van der Waals surface area contributed by atoms with Gasteiger partial charge in [0.05, 0.1) is 6.42 Å². The number of amides is 2. The Hall–Kier alpha value is -3.39. The van der Waals surface area contributed by atoms with Gasteiger partial charge < -0.3 is 19.7 Å². The van der Waals surface area contributed by atoms with Crippen molar-refractivity contribution in [1.29, 1.82) is 0 Å². The van der Waals surface area contributed by atoms with Gasteiger partial charge in [-0.3, -0.25) is 9.59 Å². The molecule has 0 saturated heterocycles. The van der Waals surface area contributed by atoms with Crippen molar-refractivity contribution >= 4 is 23.2 Å². The molecule has 0 radical (unpaired) electrons. The van der Waals surface area contributed by atoms with E-state index in [1.165, 1.54) is 22.3 Å². The average Bonchev–Trinajstić information content (AvgIpc) is 3.63. The number of nitrogens with zero attached hydrogens (tertiary/aromatic N) is 1. The molecule has 2 amide bonds. The summed E-state index contributed by atoms with van der Waals surface area (Å²) in [7, 11) is 0. The minimum atomic E-state index is -1.10. The fraction of sp³-hybridized carbons (Fsp3) is 0.333. The molecule has 35 heavy (non-hydrogen) atoms. The zero-order valence-corrected chi connectivity index (χ0v) is 20.1. The molecule has 1 N–H and O–H groups in total. The van der Waals surface area contributed by atoms with E-state index in [4.69, 9.17) is 9.47 Å². The molecule has 8 heteroatoms. The second kappa shape index (κ2) is 10.5. The van der Waals surface area contributed by atoms with Crippen LogP contribution in [0.2, 0.25) is 0 Å². The van der Waals surface area contributed by atoms with Crippen LogP contribution in [0.4, 0.5) is 4.39 Å². The van der Waals surface area contributed by atoms with Crippen molar-refractivity contribution in [2.45, 2.75) is 50.7 Å². The minimum Gasteiger partial charge on any atom is -0.454 e. The summed E-state index contributed by atoms with van der Waals surface area (Å²) in [5, 5.41) is 4.99. The van der Waals surface area contributed by atoms with Crippen molar-refractivity contribution in [3.05, 3.63) is 81.8 Å². The van der Waals surface area contributed by atoms with Crippen molar-refractivity contribution < 1.29 is 23.5 Å². The molecule has 1 fully saturated rings. The van der Waals surface area contributed by atoms with Gasteiger partial charge in [0.25, 0.3) is 0 Å². The number of thiophene rings is 1. The number of hydrogen-bond acceptors (Lipinski definition) is 5. The van der Waals surface area contributed by atoms with Gasteiger partial charge in [-0.15, -0.1) is 11.3 Å². The highest BCUT2D eigenvalue weighted by atomic mass is 32.1. The molecule has 0 spiro atoms. The van der Waals surface area contributed by atoms with Gasteiger partial charge in [0, 0.05) is 23.0 Å². The second-order valence-electron chi connectivity index (χ2n) is 8.88. The molecular formula is C27H27FN2O4S. The molecule has 1 aliphatic carbocycles. The number of benzene rings is 2. The van der Waals surface area contributed by atoms with E-state index in [0.717, 1.165) is 36.1 Å². The Morgan fingerprint density at radius 1 is 1.06 bits per heavy atom. The number of carbonyl (C=O) groups is 2. The lowest BCUT2D eigenvalue weighted by Gasteiger charge is -2.32. The number of ether oxygens (including phenoxy) is 2. The van der Waals surface area contributed by atoms with E-state index < -0.39 is 11.9 Å². The van der Waals surface area contributed by atoms with Gasteiger partial charge >= 0.3 is 0 Å². The van der Waals surface area contributed by atoms with Crippen LogP contribution in [0.25, 0.3) is 0 Å². The Balaban J connectivity index is 1.51. The molecule has 3 aromatic rings. The van der Waals surface area contributed by atoms with Crippen LogP contribution in [-0.2, 0) is 22.6 Å². The molecule has 2 aromatic carbocycles. The van der Waals surface area contributed by atoms with E-state index in [1.54, 1.807) is 30.3 Å². The number of nitrogens with one attached hydrogen (secondary N) is 1. The monoisotopic (exact) mass is 494 g/mol. The van der Waals surface area contributed by atoms with Crippen LogP contribution < -0.4 is 14.8 Å². The second-order valence-corrected chi connectivity index (χ2v) is 9.91. The van der Waals surface area contributed by atoms with Crippen LogP contribution in [0.15, 0.2) is 60.0 Å². The quantitative estimate of drug-likeness (QED) is 0.479. The van der Waals surface area contributed by atoms with Gasteiger partial charge in [-0.05, 0) is 48.1 Å². The highest BCUT2D eigenvalue weighted by Gasteiger charge is 2.35. The Morgan fingerprint density at radius 3 is 2.63 bits per heavy atom. The van der Waals surface area contributed by atoms with Gasteiger partial charge in [-0.1, -0.05) is 43.2 Å². The Labute approximate surface area is 207 Å². The van der Waals surface area contributed by atoms with Gasteiger partial charge in [0.15, 0.2) is 11.5 Å². The highest BCUT2D eigenvalue weighted by Crippen LogP contribution is 2.34. The zero-order chi connectivity index (χ0) is 24.2. The molecule has 1 saturated carbocycles. The predicted molar refractivity (Wildman–Crippen MR) is 131 cm³/mol. The first-order chi connectivity index (χ1) is 17.1. The summed E-state index contributed by atoms with van der Waals surface area (Å²) in [4.78, 5) is 29.7. The van der Waals surface area contributed by atoms with Crippen molar-refractivity contribution in [2.24, 2.45) is 0 Å². The van der Waals surface area contributed by atoms with E-state index in [0.29, 0.717) is 11.5 Å². The summed E-state index contributed by atoms with van der Waals surface area (Å²) >= 11 is 1.48. The van der Waals surface area contributed by atoms with E-state index in [1.807, 2.05) is 23.6 Å². The minimum absolute atomic E-state index is 0.0385. The Morgan fingerprint density at radius 2 is 1.86 bits per heavy atom. The molecule has 5 rings (SSSR count). The number of halogens is 1. The van der Waals surface area contributed by atoms with Crippen molar-refractivity contribution in [2.75, 3.05) is 6.79 Å². The predicted octanol–water partition coefficient (Wildman–Crippen LogP) is 4.99. The molecule has 1 aromatic heterocycles. The van der Waals surface area contributed by atoms with E-state index >= 15 is 4.39 Å². The fourth-order valence-corrected chi connectivity index (χ4v) is 5.42. The third-order valence-corrected chi connectivity index (χ3v) is 7.35. The highest BCUT2D eigenvalue weighted by molar-refractivity contribution is 7.10. The van der Waals surface area contributed by atoms with E-state index in [9.17, 15) is 9.59 Å². The third-order valence-electron chi connectivity index (χ3n) is 6.48. The maximum absolute atomic E-state index is 15.1. The Kier molecular flexibility index (Phi) is 6.99. The summed E-state index contributed by atoms with van der Waals surface area (Å²) in [5.74, 6) is 0.0988. The van der Waals surface area contributed by atoms with E-state index in [2.05, 4.69) is 5.32 Å². The van der Waals surface area contributed by atoms with Crippen molar-refractivity contribution in [3.8, 4) is 11.5 Å². The summed E-state index contributed by atoms with van der Waals surface area (Å²) in [6.07, 6.45) is 4.01. The van der Waals surface area contributed by atoms with Gasteiger partial charge in [0.1, 0.15) is 11.9 Å². The van der Waals surface area contributed by atoms with Crippen LogP contribution >= 0.6 is 11.3 Å². The number of fused-ring (bicyclic) bond motifs is 1. The summed E-state index contributed by atoms with van der Waals surface area (Å²) in [5.41, 5.74) is 0.951. The molecule has 0 bridgehead atoms. The first-order valence-electron chi connectivity index (χ1n) is 11.8. The zero-order valence-electron chi connectivity index (χ0n) is 19.2. The maximum Gasteiger partial charge on any atom is 0.247 e. The number of hydrogen-bond donors (Lipinski definition) is 1. The normalized spacial score (nSPS) is 15.7. The Bertz CT molecular complexity index is 1190. The van der Waals surface area contributed by atoms with E-state index in [-0.39, 0.29) is 43.2 Å². The van der Waals surface area contributed by atoms with Crippen molar-refractivity contribution in [1.82, 2.24) is 10.2 Å². The molecule has 2 aliphatic rings. The maximum atomic E-state index is 15.1. The standard InChI is InChI=1S/C27H27FN2O4S/c28-22-10-4-3-9-21(22)26(27(32)29-19-6-1-2-7-19)30(25(31)15-20-8-5-13-35-20)16-18-11-12-23-24(14-18)34-17-33-23/h3-5,8-14,19,26H,1-2,6-7,15-17H2,(H,29,32). The van der Waals surface area contributed by atoms with Gasteiger partial charge in [-0.25, -0.2) is 4.39 Å². The lowest BCUT2D eigenvalue weighted by atomic mass is 10.0. The molecule has 6 nitrogen and oxygen atoms in total. The molecule has 1 unspecified atom stereocenters. The lowest BCUT2D eigenvalue weighted by Crippen LogP contribution is -2.46. The molecule has 1 atom stereocenters. The van der Waals surface area contributed by atoms with Crippen LogP contribution in [0.1, 0.15) is 47.7 Å². The van der Waals surface area contributed by atoms with Crippen LogP contribution in [0, 0.1) is 5.82 Å². The lowest BCUT2D eigenvalue weighted by molar-refractivity contribution is -0.141. The van der Waals surface area contributed by atoms with Crippen molar-refractivity contribution in [3.63, 3.8) is 0 Å². The molecular weight excluding hydrogens is 467 g/mol. The first-order valence-corrected chi connectivity index (χ1v) is 12.7. The van der Waals surface area contributed by atoms with Crippen LogP contribution in [0.5, 0.6) is 11.5 Å². The smallest absolute Gasteiger partial charge is 0.247 e. The molecule has 2 heterocycles. The van der Waals surface area contributed by atoms with Crippen LogP contribution in [-0.4, -0.2) is 29.5 Å². The first kappa shape index (κ1) is 23.4. The fourth-order valence-electron chi connectivity index (χ4n) is 4.72. The summed E-state index contributed by atoms with van der Waals surface area (Å²) in [6.45, 7) is 0.263. The van der Waals surface area contributed by atoms with Gasteiger partial charge in [-0.2, -0.15) is 0 Å². The average molecular weight is 495 g/mol.